The van der Waals surface area contributed by atoms with Gasteiger partial charge in [0.1, 0.15) is 0 Å². The largest absolute Gasteiger partial charge is 0.276 e. The number of benzene rings is 2. The van der Waals surface area contributed by atoms with E-state index in [2.05, 4.69) is 25.9 Å². The lowest BCUT2D eigenvalue weighted by Crippen LogP contribution is -2.18. The van der Waals surface area contributed by atoms with E-state index in [4.69, 9.17) is 23.2 Å². The van der Waals surface area contributed by atoms with Crippen LogP contribution in [0.4, 0.5) is 0 Å². The van der Waals surface area contributed by atoms with E-state index in [1.807, 2.05) is 0 Å². The molecule has 0 spiro atoms. The first-order valence-electron chi connectivity index (χ1n) is 5.64. The maximum atomic E-state index is 12.0. The molecule has 0 saturated carbocycles. The molecule has 0 aliphatic rings. The Labute approximate surface area is 141 Å². The second-order valence-electron chi connectivity index (χ2n) is 3.98. The number of hydrogen-bond donors (Lipinski definition) is 1. The molecule has 0 saturated heterocycles. The van der Waals surface area contributed by atoms with Crippen molar-refractivity contribution in [2.45, 2.75) is 4.90 Å². The molecule has 0 heterocycles. The summed E-state index contributed by atoms with van der Waals surface area (Å²) in [5.74, 6) is 0. The van der Waals surface area contributed by atoms with Crippen molar-refractivity contribution in [3.63, 3.8) is 0 Å². The van der Waals surface area contributed by atoms with Crippen LogP contribution in [0.2, 0.25) is 10.0 Å². The monoisotopic (exact) mass is 406 g/mol. The predicted molar refractivity (Wildman–Crippen MR) is 88.5 cm³/mol. The van der Waals surface area contributed by atoms with Crippen molar-refractivity contribution in [1.29, 1.82) is 0 Å². The third-order valence-electron chi connectivity index (χ3n) is 2.45. The second-order valence-corrected chi connectivity index (χ2v) is 7.37. The van der Waals surface area contributed by atoms with E-state index in [1.165, 1.54) is 18.3 Å². The molecule has 0 atom stereocenters. The topological polar surface area (TPSA) is 58.5 Å². The first-order valence-corrected chi connectivity index (χ1v) is 8.67. The fraction of sp³-hybridized carbons (Fsp3) is 0. The Bertz CT molecular complexity index is 777. The number of hydrazone groups is 1. The molecule has 2 aromatic rings. The molecule has 0 aliphatic heterocycles. The minimum Gasteiger partial charge on any atom is -0.200 e. The molecular weight excluding hydrogens is 399 g/mol. The Morgan fingerprint density at radius 2 is 1.71 bits per heavy atom. The van der Waals surface area contributed by atoms with E-state index in [-0.39, 0.29) is 4.90 Å². The van der Waals surface area contributed by atoms with Crippen molar-refractivity contribution in [2.24, 2.45) is 5.10 Å². The summed E-state index contributed by atoms with van der Waals surface area (Å²) in [6.07, 6.45) is 1.35. The molecule has 0 unspecified atom stereocenters. The van der Waals surface area contributed by atoms with Gasteiger partial charge in [0, 0.05) is 4.47 Å². The summed E-state index contributed by atoms with van der Waals surface area (Å²) in [7, 11) is -3.69. The minimum absolute atomic E-state index is 0.122. The summed E-state index contributed by atoms with van der Waals surface area (Å²) in [5, 5.41) is 4.50. The highest BCUT2D eigenvalue weighted by Crippen LogP contribution is 2.21. The van der Waals surface area contributed by atoms with E-state index in [0.29, 0.717) is 15.6 Å². The number of sulfonamides is 1. The molecule has 1 N–H and O–H groups in total. The Kier molecular flexibility index (Phi) is 5.27. The third-order valence-corrected chi connectivity index (χ3v) is 4.96. The number of nitrogens with one attached hydrogen (secondary N) is 1. The normalized spacial score (nSPS) is 11.8. The standard InChI is InChI=1S/C13H9BrCl2N2O2S/c14-10-2-4-11(5-3-10)21(19,20)18-17-8-9-1-6-12(15)13(16)7-9/h1-8,18H. The molecule has 0 bridgehead atoms. The van der Waals surface area contributed by atoms with Crippen molar-refractivity contribution < 1.29 is 8.42 Å². The van der Waals surface area contributed by atoms with Crippen LogP contribution in [-0.4, -0.2) is 14.6 Å². The van der Waals surface area contributed by atoms with E-state index in [1.54, 1.807) is 30.3 Å². The van der Waals surface area contributed by atoms with Crippen LogP contribution in [0.25, 0.3) is 0 Å². The Morgan fingerprint density at radius 1 is 1.05 bits per heavy atom. The number of rotatable bonds is 4. The van der Waals surface area contributed by atoms with Gasteiger partial charge in [-0.2, -0.15) is 13.5 Å². The summed E-state index contributed by atoms with van der Waals surface area (Å²) < 4.78 is 24.7. The maximum absolute atomic E-state index is 12.0. The van der Waals surface area contributed by atoms with Crippen LogP contribution in [-0.2, 0) is 10.0 Å². The van der Waals surface area contributed by atoms with Gasteiger partial charge < -0.3 is 0 Å². The number of hydrogen-bond acceptors (Lipinski definition) is 3. The van der Waals surface area contributed by atoms with Gasteiger partial charge in [0.05, 0.1) is 21.2 Å². The first kappa shape index (κ1) is 16.3. The Morgan fingerprint density at radius 3 is 2.33 bits per heavy atom. The summed E-state index contributed by atoms with van der Waals surface area (Å²) >= 11 is 14.9. The molecule has 4 nitrogen and oxygen atoms in total. The number of nitrogens with zero attached hydrogens (tertiary/aromatic N) is 1. The highest BCUT2D eigenvalue weighted by atomic mass is 79.9. The van der Waals surface area contributed by atoms with Gasteiger partial charge >= 0.3 is 0 Å². The summed E-state index contributed by atoms with van der Waals surface area (Å²) in [6.45, 7) is 0. The third kappa shape index (κ3) is 4.44. The van der Waals surface area contributed by atoms with Crippen molar-refractivity contribution in [3.05, 3.63) is 62.5 Å². The van der Waals surface area contributed by atoms with E-state index in [9.17, 15) is 8.42 Å². The lowest BCUT2D eigenvalue weighted by Gasteiger charge is -2.03. The lowest BCUT2D eigenvalue weighted by atomic mass is 10.2. The molecule has 0 radical (unpaired) electrons. The van der Waals surface area contributed by atoms with Crippen LogP contribution < -0.4 is 4.83 Å². The molecule has 8 heteroatoms. The zero-order valence-corrected chi connectivity index (χ0v) is 14.3. The van der Waals surface area contributed by atoms with E-state index in [0.717, 1.165) is 4.47 Å². The van der Waals surface area contributed by atoms with Crippen molar-refractivity contribution >= 4 is 55.4 Å². The van der Waals surface area contributed by atoms with Crippen LogP contribution in [0.3, 0.4) is 0 Å². The Hall–Kier alpha value is -1.08. The van der Waals surface area contributed by atoms with Crippen LogP contribution in [0.5, 0.6) is 0 Å². The van der Waals surface area contributed by atoms with Crippen molar-refractivity contribution in [1.82, 2.24) is 4.83 Å². The quantitative estimate of drug-likeness (QED) is 0.613. The predicted octanol–water partition coefficient (Wildman–Crippen LogP) is 4.07. The molecule has 0 amide bonds. The van der Waals surface area contributed by atoms with Gasteiger partial charge in [-0.1, -0.05) is 45.2 Å². The van der Waals surface area contributed by atoms with E-state index < -0.39 is 10.0 Å². The van der Waals surface area contributed by atoms with Gasteiger partial charge in [-0.15, -0.1) is 0 Å². The molecule has 2 rings (SSSR count). The number of halogens is 3. The highest BCUT2D eigenvalue weighted by molar-refractivity contribution is 9.10. The van der Waals surface area contributed by atoms with Gasteiger partial charge in [0.25, 0.3) is 10.0 Å². The van der Waals surface area contributed by atoms with Gasteiger partial charge in [0.2, 0.25) is 0 Å². The van der Waals surface area contributed by atoms with Crippen LogP contribution in [0, 0.1) is 0 Å². The molecule has 0 aliphatic carbocycles. The van der Waals surface area contributed by atoms with Gasteiger partial charge in [-0.25, -0.2) is 4.83 Å². The van der Waals surface area contributed by atoms with Crippen molar-refractivity contribution in [3.8, 4) is 0 Å². The molecule has 110 valence electrons. The van der Waals surface area contributed by atoms with Crippen LogP contribution >= 0.6 is 39.1 Å². The summed E-state index contributed by atoms with van der Waals surface area (Å²) in [4.78, 5) is 2.25. The molecular formula is C13H9BrCl2N2O2S. The fourth-order valence-electron chi connectivity index (χ4n) is 1.43. The average Bonchev–Trinajstić information content (AvgIpc) is 2.43. The van der Waals surface area contributed by atoms with Gasteiger partial charge in [-0.05, 0) is 42.0 Å². The molecule has 2 aromatic carbocycles. The van der Waals surface area contributed by atoms with Gasteiger partial charge in [0.15, 0.2) is 0 Å². The fourth-order valence-corrected chi connectivity index (χ4v) is 2.79. The summed E-state index contributed by atoms with van der Waals surface area (Å²) in [6, 6.07) is 11.1. The van der Waals surface area contributed by atoms with Gasteiger partial charge in [-0.3, -0.25) is 0 Å². The maximum Gasteiger partial charge on any atom is 0.276 e. The smallest absolute Gasteiger partial charge is 0.200 e. The average molecular weight is 408 g/mol. The van der Waals surface area contributed by atoms with Crippen LogP contribution in [0.1, 0.15) is 5.56 Å². The highest BCUT2D eigenvalue weighted by Gasteiger charge is 2.11. The Balaban J connectivity index is 2.12. The second kappa shape index (κ2) is 6.79. The molecule has 0 aromatic heterocycles. The lowest BCUT2D eigenvalue weighted by molar-refractivity contribution is 0.584. The zero-order chi connectivity index (χ0) is 15.5. The molecule has 0 fully saturated rings. The summed E-state index contributed by atoms with van der Waals surface area (Å²) in [5.41, 5.74) is 0.628. The van der Waals surface area contributed by atoms with E-state index >= 15 is 0 Å². The molecule has 21 heavy (non-hydrogen) atoms. The first-order chi connectivity index (χ1) is 9.88. The van der Waals surface area contributed by atoms with Crippen molar-refractivity contribution in [2.75, 3.05) is 0 Å². The van der Waals surface area contributed by atoms with Crippen LogP contribution in [0.15, 0.2) is 56.9 Å². The minimum atomic E-state index is -3.69. The zero-order valence-electron chi connectivity index (χ0n) is 10.4. The SMILES string of the molecule is O=S(=O)(NN=Cc1ccc(Cl)c(Cl)c1)c1ccc(Br)cc1.